The zero-order valence-electron chi connectivity index (χ0n) is 11.9. The zero-order chi connectivity index (χ0) is 14.8. The first-order valence-electron chi connectivity index (χ1n) is 7.16. The van der Waals surface area contributed by atoms with Crippen LogP contribution in [0.2, 0.25) is 0 Å². The predicted molar refractivity (Wildman–Crippen MR) is 75.9 cm³/mol. The van der Waals surface area contributed by atoms with E-state index in [0.717, 1.165) is 17.4 Å². The molecule has 0 amide bonds. The van der Waals surface area contributed by atoms with E-state index in [1.54, 1.807) is 0 Å². The van der Waals surface area contributed by atoms with Gasteiger partial charge in [-0.05, 0) is 6.42 Å². The Balaban J connectivity index is 2.18. The quantitative estimate of drug-likeness (QED) is 0.625. The highest BCUT2D eigenvalue weighted by molar-refractivity contribution is 4.67. The van der Waals surface area contributed by atoms with Crippen molar-refractivity contribution in [3.63, 3.8) is 0 Å². The maximum absolute atomic E-state index is 11.3. The number of nitrogens with zero attached hydrogens (tertiary/aromatic N) is 1. The van der Waals surface area contributed by atoms with E-state index in [4.69, 9.17) is 4.74 Å². The normalized spacial score (nSPS) is 10.8. The van der Waals surface area contributed by atoms with Crippen LogP contribution in [0.1, 0.15) is 51.9 Å². The Hall–Kier alpha value is -1.63. The van der Waals surface area contributed by atoms with E-state index < -0.39 is 17.1 Å². The van der Waals surface area contributed by atoms with Crippen LogP contribution in [0.5, 0.6) is 0 Å². The fourth-order valence-electron chi connectivity index (χ4n) is 1.89. The molecule has 2 N–H and O–H groups in total. The largest absolute Gasteiger partial charge is 0.360 e. The Morgan fingerprint density at radius 3 is 2.05 bits per heavy atom. The van der Waals surface area contributed by atoms with Gasteiger partial charge in [0.2, 0.25) is 0 Å². The van der Waals surface area contributed by atoms with Crippen molar-refractivity contribution in [2.45, 2.75) is 58.6 Å². The van der Waals surface area contributed by atoms with Gasteiger partial charge in [0.05, 0.1) is 0 Å². The number of nitrogens with one attached hydrogen (secondary N) is 2. The third-order valence-electron chi connectivity index (χ3n) is 3.04. The zero-order valence-corrected chi connectivity index (χ0v) is 11.9. The van der Waals surface area contributed by atoms with Crippen molar-refractivity contribution in [3.8, 4) is 0 Å². The SMILES string of the molecule is CCCCCCCCCOCn1c(=O)[nH]c(=O)[nH]c1=O. The Bertz CT molecular complexity index is 509. The molecule has 0 spiro atoms. The highest BCUT2D eigenvalue weighted by atomic mass is 16.5. The molecular formula is C13H23N3O4. The highest BCUT2D eigenvalue weighted by Crippen LogP contribution is 2.06. The smallest absolute Gasteiger partial charge is 0.335 e. The maximum atomic E-state index is 11.3. The Morgan fingerprint density at radius 2 is 1.45 bits per heavy atom. The topological polar surface area (TPSA) is 96.9 Å². The summed E-state index contributed by atoms with van der Waals surface area (Å²) in [6.45, 7) is 2.55. The summed E-state index contributed by atoms with van der Waals surface area (Å²) in [6.07, 6.45) is 8.22. The molecule has 0 radical (unpaired) electrons. The molecular weight excluding hydrogens is 262 g/mol. The van der Waals surface area contributed by atoms with E-state index in [2.05, 4.69) is 6.92 Å². The molecule has 0 aromatic carbocycles. The molecule has 0 bridgehead atoms. The second-order valence-corrected chi connectivity index (χ2v) is 4.78. The van der Waals surface area contributed by atoms with Gasteiger partial charge in [0.25, 0.3) is 0 Å². The molecule has 0 aliphatic rings. The Labute approximate surface area is 117 Å². The monoisotopic (exact) mass is 285 g/mol. The molecule has 0 fully saturated rings. The van der Waals surface area contributed by atoms with Gasteiger partial charge in [-0.25, -0.2) is 19.0 Å². The third-order valence-corrected chi connectivity index (χ3v) is 3.04. The number of ether oxygens (including phenoxy) is 1. The van der Waals surface area contributed by atoms with Crippen LogP contribution in [0.15, 0.2) is 14.4 Å². The third kappa shape index (κ3) is 6.01. The number of aromatic amines is 2. The van der Waals surface area contributed by atoms with E-state index in [0.29, 0.717) is 6.61 Å². The van der Waals surface area contributed by atoms with Crippen LogP contribution in [0.25, 0.3) is 0 Å². The van der Waals surface area contributed by atoms with Crippen LogP contribution in [-0.2, 0) is 11.5 Å². The number of rotatable bonds is 10. The van der Waals surface area contributed by atoms with Crippen molar-refractivity contribution in [1.82, 2.24) is 14.5 Å². The molecule has 0 aliphatic heterocycles. The van der Waals surface area contributed by atoms with Crippen molar-refractivity contribution in [3.05, 3.63) is 31.5 Å². The second kappa shape index (κ2) is 9.30. The lowest BCUT2D eigenvalue weighted by molar-refractivity contribution is 0.0674. The number of hydrogen-bond acceptors (Lipinski definition) is 4. The lowest BCUT2D eigenvalue weighted by atomic mass is 10.1. The summed E-state index contributed by atoms with van der Waals surface area (Å²) >= 11 is 0. The van der Waals surface area contributed by atoms with Gasteiger partial charge in [-0.1, -0.05) is 45.4 Å². The molecule has 0 unspecified atom stereocenters. The first-order chi connectivity index (χ1) is 9.65. The summed E-state index contributed by atoms with van der Waals surface area (Å²) in [5, 5.41) is 0. The minimum atomic E-state index is -0.802. The number of H-pyrrole nitrogens is 2. The van der Waals surface area contributed by atoms with E-state index in [1.807, 2.05) is 9.97 Å². The molecule has 0 saturated carbocycles. The van der Waals surface area contributed by atoms with Gasteiger partial charge in [0, 0.05) is 6.61 Å². The summed E-state index contributed by atoms with van der Waals surface area (Å²) in [5.41, 5.74) is -2.31. The first-order valence-corrected chi connectivity index (χ1v) is 7.16. The molecule has 7 heteroatoms. The van der Waals surface area contributed by atoms with Crippen LogP contribution in [0.4, 0.5) is 0 Å². The van der Waals surface area contributed by atoms with Crippen LogP contribution < -0.4 is 17.1 Å². The molecule has 20 heavy (non-hydrogen) atoms. The molecule has 0 atom stereocenters. The molecule has 114 valence electrons. The van der Waals surface area contributed by atoms with Gasteiger partial charge in [0.15, 0.2) is 0 Å². The van der Waals surface area contributed by atoms with Gasteiger partial charge in [-0.15, -0.1) is 0 Å². The van der Waals surface area contributed by atoms with Crippen molar-refractivity contribution < 1.29 is 4.74 Å². The molecule has 1 heterocycles. The van der Waals surface area contributed by atoms with Crippen LogP contribution in [0, 0.1) is 0 Å². The molecule has 1 aromatic heterocycles. The van der Waals surface area contributed by atoms with Gasteiger partial charge >= 0.3 is 17.1 Å². The van der Waals surface area contributed by atoms with Crippen molar-refractivity contribution in [2.75, 3.05) is 6.61 Å². The minimum absolute atomic E-state index is 0.138. The van der Waals surface area contributed by atoms with Gasteiger partial charge < -0.3 is 4.74 Å². The molecule has 0 saturated heterocycles. The Morgan fingerprint density at radius 1 is 0.900 bits per heavy atom. The number of hydrogen-bond donors (Lipinski definition) is 2. The molecule has 1 aromatic rings. The summed E-state index contributed by atoms with van der Waals surface area (Å²) in [7, 11) is 0. The summed E-state index contributed by atoms with van der Waals surface area (Å²) < 4.78 is 6.09. The lowest BCUT2D eigenvalue weighted by Crippen LogP contribution is -2.43. The fraction of sp³-hybridized carbons (Fsp3) is 0.769. The molecule has 1 rings (SSSR count). The number of aromatic nitrogens is 3. The Kier molecular flexibility index (Phi) is 7.64. The molecule has 0 aliphatic carbocycles. The van der Waals surface area contributed by atoms with Crippen LogP contribution in [0.3, 0.4) is 0 Å². The molecule has 7 nitrogen and oxygen atoms in total. The highest BCUT2D eigenvalue weighted by Gasteiger charge is 2.02. The van der Waals surface area contributed by atoms with E-state index >= 15 is 0 Å². The lowest BCUT2D eigenvalue weighted by Gasteiger charge is -2.05. The van der Waals surface area contributed by atoms with Crippen molar-refractivity contribution >= 4 is 0 Å². The average molecular weight is 285 g/mol. The fourth-order valence-corrected chi connectivity index (χ4v) is 1.89. The number of unbranched alkanes of at least 4 members (excludes halogenated alkanes) is 6. The minimum Gasteiger partial charge on any atom is -0.360 e. The predicted octanol–water partition coefficient (Wildman–Crippen LogP) is 0.950. The van der Waals surface area contributed by atoms with Crippen molar-refractivity contribution in [1.29, 1.82) is 0 Å². The van der Waals surface area contributed by atoms with E-state index in [1.165, 1.54) is 32.1 Å². The summed E-state index contributed by atoms with van der Waals surface area (Å²) in [4.78, 5) is 37.4. The van der Waals surface area contributed by atoms with Crippen LogP contribution in [-0.4, -0.2) is 21.1 Å². The van der Waals surface area contributed by atoms with Crippen molar-refractivity contribution in [2.24, 2.45) is 0 Å². The van der Waals surface area contributed by atoms with Gasteiger partial charge in [-0.2, -0.15) is 0 Å². The maximum Gasteiger partial charge on any atom is 0.335 e. The van der Waals surface area contributed by atoms with Gasteiger partial charge in [0.1, 0.15) is 6.73 Å². The standard InChI is InChI=1S/C13H23N3O4/c1-2-3-4-5-6-7-8-9-20-10-16-12(18)14-11(17)15-13(16)19/h2-10H2,1H3,(H2,14,15,17,18,19). The average Bonchev–Trinajstić information content (AvgIpc) is 2.39. The van der Waals surface area contributed by atoms with E-state index in [-0.39, 0.29) is 6.73 Å². The van der Waals surface area contributed by atoms with E-state index in [9.17, 15) is 14.4 Å². The van der Waals surface area contributed by atoms with Crippen LogP contribution >= 0.6 is 0 Å². The first kappa shape index (κ1) is 16.4. The summed E-state index contributed by atoms with van der Waals surface area (Å²) in [6, 6.07) is 0. The second-order valence-electron chi connectivity index (χ2n) is 4.78. The van der Waals surface area contributed by atoms with Gasteiger partial charge in [-0.3, -0.25) is 9.97 Å². The summed E-state index contributed by atoms with van der Waals surface area (Å²) in [5.74, 6) is 0.